The minimum Gasteiger partial charge on any atom is -0.319 e. The Bertz CT molecular complexity index is 378. The van der Waals surface area contributed by atoms with Crippen molar-refractivity contribution in [2.45, 2.75) is 13.3 Å². The Hall–Kier alpha value is -0.860. The summed E-state index contributed by atoms with van der Waals surface area (Å²) in [6, 6.07) is 4.51. The van der Waals surface area contributed by atoms with Gasteiger partial charge in [-0.25, -0.2) is 4.39 Å². The van der Waals surface area contributed by atoms with Crippen LogP contribution in [0.1, 0.15) is 12.5 Å². The fourth-order valence-electron chi connectivity index (χ4n) is 1.71. The molecule has 0 bridgehead atoms. The maximum atomic E-state index is 12.9. The lowest BCUT2D eigenvalue weighted by Gasteiger charge is -2.26. The summed E-state index contributed by atoms with van der Waals surface area (Å²) < 4.78 is 12.9. The molecule has 0 saturated heterocycles. The molecular formula is C13H17ClFN. The zero-order chi connectivity index (χ0) is 12.2. The lowest BCUT2D eigenvalue weighted by atomic mass is 9.83. The molecule has 0 fully saturated rings. The van der Waals surface area contributed by atoms with Crippen molar-refractivity contribution in [3.63, 3.8) is 0 Å². The summed E-state index contributed by atoms with van der Waals surface area (Å²) in [5.41, 5.74) is 0.872. The van der Waals surface area contributed by atoms with Gasteiger partial charge in [0.1, 0.15) is 5.82 Å². The molecule has 0 aliphatic carbocycles. The SMILES string of the molecule is C=CC(C)(CNC)Cc1ccc(F)cc1Cl. The van der Waals surface area contributed by atoms with Crippen LogP contribution in [-0.4, -0.2) is 13.6 Å². The Morgan fingerprint density at radius 1 is 1.56 bits per heavy atom. The molecule has 1 aromatic rings. The van der Waals surface area contributed by atoms with E-state index < -0.39 is 0 Å². The molecular weight excluding hydrogens is 225 g/mol. The van der Waals surface area contributed by atoms with Gasteiger partial charge in [0.15, 0.2) is 0 Å². The van der Waals surface area contributed by atoms with Gasteiger partial charge in [0, 0.05) is 17.0 Å². The number of halogens is 2. The van der Waals surface area contributed by atoms with Gasteiger partial charge in [0.2, 0.25) is 0 Å². The van der Waals surface area contributed by atoms with E-state index in [9.17, 15) is 4.39 Å². The highest BCUT2D eigenvalue weighted by Crippen LogP contribution is 2.27. The molecule has 1 N–H and O–H groups in total. The van der Waals surface area contributed by atoms with Gasteiger partial charge in [-0.05, 0) is 31.2 Å². The summed E-state index contributed by atoms with van der Waals surface area (Å²) in [7, 11) is 1.90. The molecule has 0 amide bonds. The molecule has 0 aliphatic rings. The van der Waals surface area contributed by atoms with Gasteiger partial charge in [0.05, 0.1) is 0 Å². The quantitative estimate of drug-likeness (QED) is 0.779. The van der Waals surface area contributed by atoms with Crippen LogP contribution in [0.3, 0.4) is 0 Å². The van der Waals surface area contributed by atoms with Crippen molar-refractivity contribution in [2.75, 3.05) is 13.6 Å². The molecule has 3 heteroatoms. The van der Waals surface area contributed by atoms with Gasteiger partial charge >= 0.3 is 0 Å². The molecule has 1 rings (SSSR count). The highest BCUT2D eigenvalue weighted by Gasteiger charge is 2.21. The predicted molar refractivity (Wildman–Crippen MR) is 67.3 cm³/mol. The van der Waals surface area contributed by atoms with Crippen molar-refractivity contribution in [2.24, 2.45) is 5.41 Å². The van der Waals surface area contributed by atoms with Crippen molar-refractivity contribution >= 4 is 11.6 Å². The van der Waals surface area contributed by atoms with E-state index in [-0.39, 0.29) is 11.2 Å². The van der Waals surface area contributed by atoms with E-state index in [1.54, 1.807) is 6.07 Å². The van der Waals surface area contributed by atoms with Crippen molar-refractivity contribution in [3.05, 3.63) is 47.3 Å². The average Bonchev–Trinajstić information content (AvgIpc) is 2.23. The van der Waals surface area contributed by atoms with Gasteiger partial charge in [-0.1, -0.05) is 30.7 Å². The minimum absolute atomic E-state index is 0.0732. The molecule has 0 radical (unpaired) electrons. The molecule has 0 aromatic heterocycles. The first-order valence-electron chi connectivity index (χ1n) is 5.23. The van der Waals surface area contributed by atoms with Crippen LogP contribution in [0.2, 0.25) is 5.02 Å². The van der Waals surface area contributed by atoms with Crippen LogP contribution >= 0.6 is 11.6 Å². The van der Waals surface area contributed by atoms with Crippen LogP contribution in [0.15, 0.2) is 30.9 Å². The summed E-state index contributed by atoms with van der Waals surface area (Å²) in [6.45, 7) is 6.74. The van der Waals surface area contributed by atoms with Crippen molar-refractivity contribution in [1.29, 1.82) is 0 Å². The molecule has 1 unspecified atom stereocenters. The Labute approximate surface area is 101 Å². The zero-order valence-electron chi connectivity index (χ0n) is 9.69. The molecule has 0 saturated carbocycles. The summed E-state index contributed by atoms with van der Waals surface area (Å²) in [5.74, 6) is -0.303. The molecule has 0 heterocycles. The van der Waals surface area contributed by atoms with Crippen LogP contribution in [0.4, 0.5) is 4.39 Å². The topological polar surface area (TPSA) is 12.0 Å². The average molecular weight is 242 g/mol. The largest absolute Gasteiger partial charge is 0.319 e. The maximum Gasteiger partial charge on any atom is 0.124 e. The first kappa shape index (κ1) is 13.2. The fraction of sp³-hybridized carbons (Fsp3) is 0.385. The molecule has 0 spiro atoms. The van der Waals surface area contributed by atoms with E-state index in [2.05, 4.69) is 18.8 Å². The lowest BCUT2D eigenvalue weighted by Crippen LogP contribution is -2.29. The molecule has 0 aliphatic heterocycles. The van der Waals surface area contributed by atoms with Crippen molar-refractivity contribution < 1.29 is 4.39 Å². The Morgan fingerprint density at radius 2 is 2.25 bits per heavy atom. The summed E-state index contributed by atoms with van der Waals surface area (Å²) in [6.07, 6.45) is 2.65. The number of hydrogen-bond donors (Lipinski definition) is 1. The van der Waals surface area contributed by atoms with Gasteiger partial charge in [-0.3, -0.25) is 0 Å². The number of rotatable bonds is 5. The Morgan fingerprint density at radius 3 is 2.75 bits per heavy atom. The van der Waals surface area contributed by atoms with Crippen LogP contribution in [0, 0.1) is 11.2 Å². The normalized spacial score (nSPS) is 14.5. The van der Waals surface area contributed by atoms with Crippen LogP contribution in [0.5, 0.6) is 0 Å². The Kier molecular flexibility index (Phi) is 4.51. The van der Waals surface area contributed by atoms with E-state index in [0.29, 0.717) is 5.02 Å². The van der Waals surface area contributed by atoms with Crippen LogP contribution in [0.25, 0.3) is 0 Å². The summed E-state index contributed by atoms with van der Waals surface area (Å²) in [5, 5.41) is 3.60. The van der Waals surface area contributed by atoms with Crippen LogP contribution < -0.4 is 5.32 Å². The molecule has 16 heavy (non-hydrogen) atoms. The van der Waals surface area contributed by atoms with E-state index >= 15 is 0 Å². The predicted octanol–water partition coefficient (Wildman–Crippen LogP) is 3.43. The fourth-order valence-corrected chi connectivity index (χ4v) is 1.94. The smallest absolute Gasteiger partial charge is 0.124 e. The molecule has 1 nitrogen and oxygen atoms in total. The number of hydrogen-bond acceptors (Lipinski definition) is 1. The van der Waals surface area contributed by atoms with Gasteiger partial charge in [-0.2, -0.15) is 0 Å². The standard InChI is InChI=1S/C13H17ClFN/c1-4-13(2,9-16-3)8-10-5-6-11(15)7-12(10)14/h4-7,16H,1,8-9H2,2-3H3. The van der Waals surface area contributed by atoms with E-state index in [1.165, 1.54) is 12.1 Å². The third-order valence-electron chi connectivity index (χ3n) is 2.68. The summed E-state index contributed by atoms with van der Waals surface area (Å²) >= 11 is 6.00. The lowest BCUT2D eigenvalue weighted by molar-refractivity contribution is 0.406. The second-order valence-corrected chi connectivity index (χ2v) is 4.71. The second-order valence-electron chi connectivity index (χ2n) is 4.30. The van der Waals surface area contributed by atoms with Crippen molar-refractivity contribution in [3.8, 4) is 0 Å². The molecule has 1 aromatic carbocycles. The highest BCUT2D eigenvalue weighted by molar-refractivity contribution is 6.31. The van der Waals surface area contributed by atoms with Crippen LogP contribution in [-0.2, 0) is 6.42 Å². The molecule has 1 atom stereocenters. The first-order chi connectivity index (χ1) is 7.50. The second kappa shape index (κ2) is 5.46. The van der Waals surface area contributed by atoms with E-state index in [4.69, 9.17) is 11.6 Å². The van der Waals surface area contributed by atoms with E-state index in [1.807, 2.05) is 13.1 Å². The summed E-state index contributed by atoms with van der Waals surface area (Å²) in [4.78, 5) is 0. The van der Waals surface area contributed by atoms with Gasteiger partial charge in [0.25, 0.3) is 0 Å². The molecule has 88 valence electrons. The van der Waals surface area contributed by atoms with Gasteiger partial charge in [-0.15, -0.1) is 6.58 Å². The zero-order valence-corrected chi connectivity index (χ0v) is 10.4. The minimum atomic E-state index is -0.303. The van der Waals surface area contributed by atoms with E-state index in [0.717, 1.165) is 18.5 Å². The number of nitrogens with one attached hydrogen (secondary N) is 1. The Balaban J connectivity index is 2.89. The number of benzene rings is 1. The maximum absolute atomic E-state index is 12.9. The third kappa shape index (κ3) is 3.32. The highest BCUT2D eigenvalue weighted by atomic mass is 35.5. The monoisotopic (exact) mass is 241 g/mol. The van der Waals surface area contributed by atoms with Crippen molar-refractivity contribution in [1.82, 2.24) is 5.32 Å². The third-order valence-corrected chi connectivity index (χ3v) is 3.03. The van der Waals surface area contributed by atoms with Gasteiger partial charge < -0.3 is 5.32 Å². The first-order valence-corrected chi connectivity index (χ1v) is 5.61.